The van der Waals surface area contributed by atoms with Crippen LogP contribution in [0.5, 0.6) is 0 Å². The first kappa shape index (κ1) is 17.5. The Morgan fingerprint density at radius 1 is 1.30 bits per heavy atom. The molecule has 0 spiro atoms. The van der Waals surface area contributed by atoms with Gasteiger partial charge in [-0.05, 0) is 44.7 Å². The van der Waals surface area contributed by atoms with Gasteiger partial charge in [-0.3, -0.25) is 14.6 Å². The van der Waals surface area contributed by atoms with Crippen molar-refractivity contribution in [1.29, 1.82) is 0 Å². The quantitative estimate of drug-likeness (QED) is 0.752. The molecule has 27 heavy (non-hydrogen) atoms. The fraction of sp³-hybridized carbons (Fsp3) is 0.381. The lowest BCUT2D eigenvalue weighted by atomic mass is 9.97. The molecule has 6 nitrogen and oxygen atoms in total. The van der Waals surface area contributed by atoms with Crippen LogP contribution >= 0.6 is 0 Å². The Bertz CT molecular complexity index is 899. The molecule has 140 valence electrons. The molecule has 6 heteroatoms. The van der Waals surface area contributed by atoms with E-state index in [1.54, 1.807) is 12.4 Å². The Hall–Kier alpha value is -2.89. The van der Waals surface area contributed by atoms with E-state index in [1.165, 1.54) is 6.42 Å². The lowest BCUT2D eigenvalue weighted by Crippen LogP contribution is -2.44. The molecule has 1 aliphatic heterocycles. The van der Waals surface area contributed by atoms with Gasteiger partial charge >= 0.3 is 0 Å². The molecule has 1 saturated heterocycles. The molecule has 1 amide bonds. The van der Waals surface area contributed by atoms with Crippen LogP contribution in [0.3, 0.4) is 0 Å². The number of hydrogen-bond donors (Lipinski definition) is 1. The molecule has 1 aromatic carbocycles. The maximum absolute atomic E-state index is 13.4. The largest absolute Gasteiger partial charge is 0.335 e. The Kier molecular flexibility index (Phi) is 5.05. The highest BCUT2D eigenvalue weighted by atomic mass is 16.2. The van der Waals surface area contributed by atoms with Crippen molar-refractivity contribution in [2.24, 2.45) is 0 Å². The third kappa shape index (κ3) is 3.79. The zero-order chi connectivity index (χ0) is 18.6. The van der Waals surface area contributed by atoms with Crippen molar-refractivity contribution in [2.45, 2.75) is 45.2 Å². The molecule has 2 aromatic heterocycles. The van der Waals surface area contributed by atoms with Gasteiger partial charge in [0.2, 0.25) is 0 Å². The molecular weight excluding hydrogens is 338 g/mol. The number of benzene rings is 1. The van der Waals surface area contributed by atoms with Crippen molar-refractivity contribution in [2.75, 3.05) is 6.54 Å². The van der Waals surface area contributed by atoms with Crippen molar-refractivity contribution in [3.8, 4) is 11.3 Å². The second-order valence-electron chi connectivity index (χ2n) is 7.23. The molecule has 1 N–H and O–H groups in total. The van der Waals surface area contributed by atoms with Crippen molar-refractivity contribution in [1.82, 2.24) is 24.9 Å². The first-order valence-corrected chi connectivity index (χ1v) is 9.61. The van der Waals surface area contributed by atoms with Crippen LogP contribution in [0.4, 0.5) is 0 Å². The molecule has 0 radical (unpaired) electrons. The SMILES string of the molecule is Cc1cccc(-c2[nH]ncc2C(=O)N2CCCC[C@H]2CCn2cccn2)c1. The van der Waals surface area contributed by atoms with Crippen LogP contribution in [0.15, 0.2) is 48.9 Å². The first-order valence-electron chi connectivity index (χ1n) is 9.61. The van der Waals surface area contributed by atoms with Gasteiger partial charge in [0.15, 0.2) is 0 Å². The predicted octanol–water partition coefficient (Wildman–Crippen LogP) is 3.67. The molecule has 0 aliphatic carbocycles. The summed E-state index contributed by atoms with van der Waals surface area (Å²) < 4.78 is 1.94. The van der Waals surface area contributed by atoms with E-state index < -0.39 is 0 Å². The van der Waals surface area contributed by atoms with Crippen molar-refractivity contribution in [3.05, 3.63) is 60.0 Å². The van der Waals surface area contributed by atoms with Gasteiger partial charge in [-0.15, -0.1) is 0 Å². The summed E-state index contributed by atoms with van der Waals surface area (Å²) in [6.07, 6.45) is 9.63. The lowest BCUT2D eigenvalue weighted by molar-refractivity contribution is 0.0595. The summed E-state index contributed by atoms with van der Waals surface area (Å²) >= 11 is 0. The number of amides is 1. The van der Waals surface area contributed by atoms with Gasteiger partial charge in [-0.2, -0.15) is 10.2 Å². The predicted molar refractivity (Wildman–Crippen MR) is 104 cm³/mol. The number of hydrogen-bond acceptors (Lipinski definition) is 3. The highest BCUT2D eigenvalue weighted by molar-refractivity contribution is 6.00. The van der Waals surface area contributed by atoms with E-state index in [2.05, 4.69) is 34.4 Å². The number of aromatic nitrogens is 4. The standard InChI is InChI=1S/C21H25N5O/c1-16-6-4-7-17(14-16)20-19(15-22-24-20)21(27)26-12-3-2-8-18(26)9-13-25-11-5-10-23-25/h4-7,10-11,14-15,18H,2-3,8-9,12-13H2,1H3,(H,22,24)/t18-/m0/s1. The summed E-state index contributed by atoms with van der Waals surface area (Å²) in [6, 6.07) is 10.3. The fourth-order valence-corrected chi connectivity index (χ4v) is 3.91. The minimum absolute atomic E-state index is 0.0745. The smallest absolute Gasteiger partial charge is 0.257 e. The van der Waals surface area contributed by atoms with E-state index in [9.17, 15) is 4.79 Å². The molecule has 4 rings (SSSR count). The average Bonchev–Trinajstić information content (AvgIpc) is 3.38. The number of carbonyl (C=O) groups excluding carboxylic acids is 1. The van der Waals surface area contributed by atoms with E-state index in [4.69, 9.17) is 0 Å². The van der Waals surface area contributed by atoms with Crippen LogP contribution in [0.25, 0.3) is 11.3 Å². The minimum Gasteiger partial charge on any atom is -0.335 e. The van der Waals surface area contributed by atoms with Crippen LogP contribution in [0.2, 0.25) is 0 Å². The maximum atomic E-state index is 13.4. The Morgan fingerprint density at radius 2 is 2.22 bits per heavy atom. The Morgan fingerprint density at radius 3 is 3.04 bits per heavy atom. The molecule has 1 aliphatic rings. The number of nitrogens with zero attached hydrogens (tertiary/aromatic N) is 4. The Balaban J connectivity index is 1.55. The zero-order valence-electron chi connectivity index (χ0n) is 15.6. The van der Waals surface area contributed by atoms with E-state index >= 15 is 0 Å². The van der Waals surface area contributed by atoms with Gasteiger partial charge in [0.1, 0.15) is 0 Å². The van der Waals surface area contributed by atoms with E-state index in [0.29, 0.717) is 5.56 Å². The number of H-pyrrole nitrogens is 1. The first-order chi connectivity index (χ1) is 13.2. The van der Waals surface area contributed by atoms with Crippen molar-refractivity contribution in [3.63, 3.8) is 0 Å². The zero-order valence-corrected chi connectivity index (χ0v) is 15.6. The molecule has 1 atom stereocenters. The van der Waals surface area contributed by atoms with E-state index in [1.807, 2.05) is 34.0 Å². The van der Waals surface area contributed by atoms with Gasteiger partial charge in [0.05, 0.1) is 17.5 Å². The summed E-state index contributed by atoms with van der Waals surface area (Å²) in [6.45, 7) is 3.69. The normalized spacial score (nSPS) is 17.2. The Labute approximate surface area is 159 Å². The number of rotatable bonds is 5. The number of aromatic amines is 1. The number of carbonyl (C=O) groups is 1. The highest BCUT2D eigenvalue weighted by Crippen LogP contribution is 2.27. The third-order valence-corrected chi connectivity index (χ3v) is 5.32. The van der Waals surface area contributed by atoms with Crippen LogP contribution in [-0.4, -0.2) is 43.4 Å². The lowest BCUT2D eigenvalue weighted by Gasteiger charge is -2.36. The average molecular weight is 363 g/mol. The van der Waals surface area contributed by atoms with E-state index in [0.717, 1.165) is 49.2 Å². The van der Waals surface area contributed by atoms with Gasteiger partial charge in [0, 0.05) is 37.1 Å². The molecular formula is C21H25N5O. The van der Waals surface area contributed by atoms with Gasteiger partial charge in [-0.25, -0.2) is 0 Å². The van der Waals surface area contributed by atoms with Gasteiger partial charge in [-0.1, -0.05) is 23.8 Å². The molecule has 0 bridgehead atoms. The molecule has 0 unspecified atom stereocenters. The highest BCUT2D eigenvalue weighted by Gasteiger charge is 2.29. The van der Waals surface area contributed by atoms with Crippen LogP contribution in [-0.2, 0) is 6.54 Å². The van der Waals surface area contributed by atoms with Gasteiger partial charge in [0.25, 0.3) is 5.91 Å². The number of nitrogens with one attached hydrogen (secondary N) is 1. The number of piperidine rings is 1. The third-order valence-electron chi connectivity index (χ3n) is 5.32. The minimum atomic E-state index is 0.0745. The van der Waals surface area contributed by atoms with E-state index in [-0.39, 0.29) is 11.9 Å². The molecule has 0 saturated carbocycles. The summed E-state index contributed by atoms with van der Waals surface area (Å²) in [5, 5.41) is 11.5. The second-order valence-corrected chi connectivity index (χ2v) is 7.23. The molecule has 3 aromatic rings. The monoisotopic (exact) mass is 363 g/mol. The van der Waals surface area contributed by atoms with Crippen LogP contribution in [0.1, 0.15) is 41.6 Å². The molecule has 3 heterocycles. The summed E-state index contributed by atoms with van der Waals surface area (Å²) in [5.41, 5.74) is 3.63. The summed E-state index contributed by atoms with van der Waals surface area (Å²) in [5.74, 6) is 0.0745. The van der Waals surface area contributed by atoms with Crippen molar-refractivity contribution < 1.29 is 4.79 Å². The van der Waals surface area contributed by atoms with Gasteiger partial charge < -0.3 is 4.90 Å². The van der Waals surface area contributed by atoms with Crippen LogP contribution in [0, 0.1) is 6.92 Å². The number of likely N-dealkylation sites (tertiary alicyclic amines) is 1. The van der Waals surface area contributed by atoms with Crippen LogP contribution < -0.4 is 0 Å². The van der Waals surface area contributed by atoms with Crippen molar-refractivity contribution >= 4 is 5.91 Å². The maximum Gasteiger partial charge on any atom is 0.257 e. The second kappa shape index (κ2) is 7.78. The topological polar surface area (TPSA) is 66.8 Å². The fourth-order valence-electron chi connectivity index (χ4n) is 3.91. The number of aryl methyl sites for hydroxylation is 2. The molecule has 1 fully saturated rings. The summed E-state index contributed by atoms with van der Waals surface area (Å²) in [4.78, 5) is 15.4. The summed E-state index contributed by atoms with van der Waals surface area (Å²) in [7, 11) is 0.